The molecule has 0 atom stereocenters. The summed E-state index contributed by atoms with van der Waals surface area (Å²) in [6, 6.07) is 0. The van der Waals surface area contributed by atoms with Crippen LogP contribution in [-0.4, -0.2) is 24.3 Å². The van der Waals surface area contributed by atoms with Gasteiger partial charge in [0.2, 0.25) is 0 Å². The van der Waals surface area contributed by atoms with Crippen molar-refractivity contribution in [3.05, 3.63) is 23.3 Å². The van der Waals surface area contributed by atoms with E-state index in [1.807, 2.05) is 13.0 Å². The molecule has 3 nitrogen and oxygen atoms in total. The average molecular weight is 212 g/mol. The first-order valence-corrected chi connectivity index (χ1v) is 5.22. The first-order valence-electron chi connectivity index (χ1n) is 5.22. The number of carbonyl (C=O) groups is 1. The number of carbonyl (C=O) groups excluding carboxylic acids is 1. The van der Waals surface area contributed by atoms with E-state index in [1.54, 1.807) is 19.9 Å². The van der Waals surface area contributed by atoms with E-state index in [0.29, 0.717) is 12.2 Å². The second-order valence-corrected chi connectivity index (χ2v) is 3.38. The van der Waals surface area contributed by atoms with Crippen molar-refractivity contribution in [2.24, 2.45) is 0 Å². The molecule has 0 aliphatic rings. The van der Waals surface area contributed by atoms with E-state index in [9.17, 15) is 4.79 Å². The zero-order valence-corrected chi connectivity index (χ0v) is 9.75. The Morgan fingerprint density at radius 1 is 1.33 bits per heavy atom. The molecule has 0 aliphatic carbocycles. The number of rotatable bonds is 6. The summed E-state index contributed by atoms with van der Waals surface area (Å²) in [7, 11) is 0. The lowest BCUT2D eigenvalue weighted by Gasteiger charge is -2.01. The van der Waals surface area contributed by atoms with Crippen LogP contribution in [0.2, 0.25) is 0 Å². The van der Waals surface area contributed by atoms with Crippen LogP contribution in [0.5, 0.6) is 0 Å². The zero-order chi connectivity index (χ0) is 11.7. The van der Waals surface area contributed by atoms with E-state index >= 15 is 0 Å². The number of esters is 1. The Hall–Kier alpha value is -1.09. The van der Waals surface area contributed by atoms with Gasteiger partial charge in [-0.3, -0.25) is 0 Å². The van der Waals surface area contributed by atoms with Crippen LogP contribution in [0, 0.1) is 0 Å². The normalized spacial score (nSPS) is 12.8. The fraction of sp³-hybridized carbons (Fsp3) is 0.583. The van der Waals surface area contributed by atoms with Gasteiger partial charge >= 0.3 is 5.97 Å². The molecule has 0 bridgehead atoms. The molecular formula is C12H20O3. The Morgan fingerprint density at radius 3 is 2.53 bits per heavy atom. The standard InChI is InChI=1S/C12H20O3/c1-4-15-12(14)11(3)7-5-6-10(2)8-9-13/h7-8,13H,4-6,9H2,1-3H3/b10-8-,11-7+. The molecule has 0 spiro atoms. The number of allylic oxidation sites excluding steroid dienone is 2. The van der Waals surface area contributed by atoms with Crippen LogP contribution in [0.1, 0.15) is 33.6 Å². The Bertz CT molecular complexity index is 252. The molecular weight excluding hydrogens is 192 g/mol. The molecule has 0 amide bonds. The number of hydrogen-bond donors (Lipinski definition) is 1. The monoisotopic (exact) mass is 212 g/mol. The molecule has 0 heterocycles. The smallest absolute Gasteiger partial charge is 0.333 e. The predicted molar refractivity (Wildman–Crippen MR) is 60.5 cm³/mol. The molecule has 0 saturated carbocycles. The Balaban J connectivity index is 3.95. The second kappa shape index (κ2) is 8.24. The van der Waals surface area contributed by atoms with E-state index in [0.717, 1.165) is 18.4 Å². The van der Waals surface area contributed by atoms with Crippen LogP contribution in [0.15, 0.2) is 23.3 Å². The maximum Gasteiger partial charge on any atom is 0.333 e. The van der Waals surface area contributed by atoms with Crippen molar-refractivity contribution in [2.45, 2.75) is 33.6 Å². The average Bonchev–Trinajstić information content (AvgIpc) is 2.18. The van der Waals surface area contributed by atoms with E-state index in [-0.39, 0.29) is 12.6 Å². The summed E-state index contributed by atoms with van der Waals surface area (Å²) >= 11 is 0. The first kappa shape index (κ1) is 13.9. The highest BCUT2D eigenvalue weighted by molar-refractivity contribution is 5.87. The first-order chi connectivity index (χ1) is 7.11. The van der Waals surface area contributed by atoms with Gasteiger partial charge in [-0.15, -0.1) is 0 Å². The second-order valence-electron chi connectivity index (χ2n) is 3.38. The molecule has 3 heteroatoms. The highest BCUT2D eigenvalue weighted by Crippen LogP contribution is 2.07. The Labute approximate surface area is 91.4 Å². The van der Waals surface area contributed by atoms with Crippen molar-refractivity contribution in [3.8, 4) is 0 Å². The molecule has 0 radical (unpaired) electrons. The van der Waals surface area contributed by atoms with E-state index in [4.69, 9.17) is 9.84 Å². The van der Waals surface area contributed by atoms with Crippen LogP contribution >= 0.6 is 0 Å². The molecule has 0 aromatic heterocycles. The highest BCUT2D eigenvalue weighted by atomic mass is 16.5. The van der Waals surface area contributed by atoms with Gasteiger partial charge in [-0.1, -0.05) is 17.7 Å². The summed E-state index contributed by atoms with van der Waals surface area (Å²) in [6.45, 7) is 5.99. The fourth-order valence-electron chi connectivity index (χ4n) is 1.10. The Morgan fingerprint density at radius 2 is 2.00 bits per heavy atom. The van der Waals surface area contributed by atoms with E-state index in [2.05, 4.69) is 0 Å². The largest absolute Gasteiger partial charge is 0.463 e. The summed E-state index contributed by atoms with van der Waals surface area (Å²) in [4.78, 5) is 11.2. The van der Waals surface area contributed by atoms with Crippen molar-refractivity contribution in [1.29, 1.82) is 0 Å². The van der Waals surface area contributed by atoms with Gasteiger partial charge < -0.3 is 9.84 Å². The minimum absolute atomic E-state index is 0.0758. The van der Waals surface area contributed by atoms with Crippen LogP contribution < -0.4 is 0 Å². The molecule has 0 aliphatic heterocycles. The predicted octanol–water partition coefficient (Wildman–Crippen LogP) is 2.21. The van der Waals surface area contributed by atoms with Crippen LogP contribution in [0.3, 0.4) is 0 Å². The number of hydrogen-bond acceptors (Lipinski definition) is 3. The minimum atomic E-state index is -0.249. The molecule has 0 rings (SSSR count). The van der Waals surface area contributed by atoms with E-state index in [1.165, 1.54) is 0 Å². The van der Waals surface area contributed by atoms with Crippen molar-refractivity contribution < 1.29 is 14.6 Å². The zero-order valence-electron chi connectivity index (χ0n) is 9.75. The minimum Gasteiger partial charge on any atom is -0.463 e. The highest BCUT2D eigenvalue weighted by Gasteiger charge is 2.02. The lowest BCUT2D eigenvalue weighted by molar-refractivity contribution is -0.138. The van der Waals surface area contributed by atoms with Gasteiger partial charge in [-0.2, -0.15) is 0 Å². The number of aliphatic hydroxyl groups excluding tert-OH is 1. The van der Waals surface area contributed by atoms with Gasteiger partial charge in [0.25, 0.3) is 0 Å². The summed E-state index contributed by atoms with van der Waals surface area (Å²) in [5.74, 6) is -0.249. The van der Waals surface area contributed by atoms with Gasteiger partial charge in [-0.05, 0) is 33.6 Å². The molecule has 0 saturated heterocycles. The third-order valence-corrected chi connectivity index (χ3v) is 2.03. The van der Waals surface area contributed by atoms with Gasteiger partial charge in [0.1, 0.15) is 0 Å². The van der Waals surface area contributed by atoms with Crippen molar-refractivity contribution >= 4 is 5.97 Å². The molecule has 0 unspecified atom stereocenters. The Kier molecular flexibility index (Phi) is 7.64. The van der Waals surface area contributed by atoms with Crippen LogP contribution in [0.4, 0.5) is 0 Å². The van der Waals surface area contributed by atoms with Crippen LogP contribution in [0.25, 0.3) is 0 Å². The molecule has 15 heavy (non-hydrogen) atoms. The van der Waals surface area contributed by atoms with Gasteiger partial charge in [0.15, 0.2) is 0 Å². The summed E-state index contributed by atoms with van der Waals surface area (Å²) in [6.07, 6.45) is 5.30. The van der Waals surface area contributed by atoms with Gasteiger partial charge in [0.05, 0.1) is 13.2 Å². The van der Waals surface area contributed by atoms with Crippen molar-refractivity contribution in [3.63, 3.8) is 0 Å². The lowest BCUT2D eigenvalue weighted by Crippen LogP contribution is -2.04. The molecule has 0 aromatic carbocycles. The maximum absolute atomic E-state index is 11.2. The fourth-order valence-corrected chi connectivity index (χ4v) is 1.10. The summed E-state index contributed by atoms with van der Waals surface area (Å²) in [5.41, 5.74) is 1.78. The van der Waals surface area contributed by atoms with Crippen molar-refractivity contribution in [2.75, 3.05) is 13.2 Å². The maximum atomic E-state index is 11.2. The number of ether oxygens (including phenoxy) is 1. The molecule has 0 fully saturated rings. The summed E-state index contributed by atoms with van der Waals surface area (Å²) < 4.78 is 4.85. The van der Waals surface area contributed by atoms with Gasteiger partial charge in [-0.25, -0.2) is 4.79 Å². The topological polar surface area (TPSA) is 46.5 Å². The molecule has 1 N–H and O–H groups in total. The third-order valence-electron chi connectivity index (χ3n) is 2.03. The van der Waals surface area contributed by atoms with Crippen molar-refractivity contribution in [1.82, 2.24) is 0 Å². The molecule has 0 aromatic rings. The van der Waals surface area contributed by atoms with E-state index < -0.39 is 0 Å². The number of aliphatic hydroxyl groups is 1. The quantitative estimate of drug-likeness (QED) is 0.417. The SMILES string of the molecule is CCOC(=O)/C(C)=C/CC/C(C)=C\CO. The van der Waals surface area contributed by atoms with Gasteiger partial charge in [0, 0.05) is 5.57 Å². The lowest BCUT2D eigenvalue weighted by atomic mass is 10.1. The third kappa shape index (κ3) is 6.91. The van der Waals surface area contributed by atoms with Crippen LogP contribution in [-0.2, 0) is 9.53 Å². The molecule has 86 valence electrons. The summed E-state index contributed by atoms with van der Waals surface area (Å²) in [5, 5.41) is 8.64.